The van der Waals surface area contributed by atoms with Crippen LogP contribution in [0.2, 0.25) is 0 Å². The number of hydrogen-bond donors (Lipinski definition) is 1. The highest BCUT2D eigenvalue weighted by molar-refractivity contribution is 5.20. The molecule has 2 heteroatoms. The summed E-state index contributed by atoms with van der Waals surface area (Å²) in [5.41, 5.74) is 0.591. The molecule has 0 amide bonds. The molecule has 1 atom stereocenters. The maximum Gasteiger partial charge on any atom is 0.119 e. The first-order valence-corrected chi connectivity index (χ1v) is 6.57. The fourth-order valence-corrected chi connectivity index (χ4v) is 2.10. The van der Waals surface area contributed by atoms with Crippen LogP contribution in [0.25, 0.3) is 0 Å². The molecule has 2 rings (SSSR count). The molecule has 0 aliphatic heterocycles. The van der Waals surface area contributed by atoms with Crippen LogP contribution in [0.5, 0.6) is 5.75 Å². The molecular weight excluding hydrogens is 210 g/mol. The lowest BCUT2D eigenvalue weighted by Gasteiger charge is -2.07. The molecule has 1 aromatic carbocycles. The third-order valence-electron chi connectivity index (χ3n) is 3.62. The molecule has 0 aromatic heterocycles. The molecule has 0 bridgehead atoms. The van der Waals surface area contributed by atoms with E-state index in [9.17, 15) is 0 Å². The number of benzene rings is 1. The van der Waals surface area contributed by atoms with Gasteiger partial charge in [0.1, 0.15) is 5.75 Å². The van der Waals surface area contributed by atoms with Crippen LogP contribution in [-0.2, 0) is 0 Å². The average Bonchev–Trinajstić information content (AvgIpc) is 2.93. The Balaban J connectivity index is 1.47. The quantitative estimate of drug-likeness (QED) is 0.731. The number of hydrogen-bond acceptors (Lipinski definition) is 2. The highest BCUT2D eigenvalue weighted by Crippen LogP contribution is 2.50. The third-order valence-corrected chi connectivity index (χ3v) is 3.62. The molecule has 1 aliphatic rings. The molecular formula is C15H23NO. The summed E-state index contributed by atoms with van der Waals surface area (Å²) in [5, 5.41) is 3.51. The topological polar surface area (TPSA) is 21.3 Å². The second-order valence-electron chi connectivity index (χ2n) is 5.61. The van der Waals surface area contributed by atoms with Crippen LogP contribution in [0, 0.1) is 11.3 Å². The fourth-order valence-electron chi connectivity index (χ4n) is 2.10. The zero-order valence-electron chi connectivity index (χ0n) is 10.9. The summed E-state index contributed by atoms with van der Waals surface area (Å²) >= 11 is 0. The fraction of sp³-hybridized carbons (Fsp3) is 0.600. The van der Waals surface area contributed by atoms with Crippen molar-refractivity contribution in [1.82, 2.24) is 5.32 Å². The molecule has 1 fully saturated rings. The molecule has 17 heavy (non-hydrogen) atoms. The standard InChI is InChI=1S/C15H23NO/c1-15(2)11-13(15)12-16-9-6-10-17-14-7-4-3-5-8-14/h3-5,7-8,13,16H,6,9-12H2,1-2H3. The van der Waals surface area contributed by atoms with E-state index in [4.69, 9.17) is 4.74 Å². The minimum Gasteiger partial charge on any atom is -0.494 e. The highest BCUT2D eigenvalue weighted by atomic mass is 16.5. The summed E-state index contributed by atoms with van der Waals surface area (Å²) in [6.45, 7) is 7.71. The van der Waals surface area contributed by atoms with Crippen molar-refractivity contribution < 1.29 is 4.74 Å². The van der Waals surface area contributed by atoms with E-state index in [0.29, 0.717) is 5.41 Å². The second kappa shape index (κ2) is 5.54. The van der Waals surface area contributed by atoms with E-state index in [0.717, 1.165) is 31.2 Å². The predicted octanol–water partition coefficient (Wildman–Crippen LogP) is 3.09. The lowest BCUT2D eigenvalue weighted by Crippen LogP contribution is -2.21. The van der Waals surface area contributed by atoms with Crippen molar-refractivity contribution in [3.8, 4) is 5.75 Å². The number of ether oxygens (including phenoxy) is 1. The summed E-state index contributed by atoms with van der Waals surface area (Å²) in [4.78, 5) is 0. The van der Waals surface area contributed by atoms with Gasteiger partial charge in [-0.2, -0.15) is 0 Å². The van der Waals surface area contributed by atoms with E-state index in [1.165, 1.54) is 13.0 Å². The van der Waals surface area contributed by atoms with Crippen molar-refractivity contribution in [2.75, 3.05) is 19.7 Å². The molecule has 1 aliphatic carbocycles. The van der Waals surface area contributed by atoms with Gasteiger partial charge in [-0.25, -0.2) is 0 Å². The van der Waals surface area contributed by atoms with Gasteiger partial charge in [-0.3, -0.25) is 0 Å². The molecule has 1 saturated carbocycles. The van der Waals surface area contributed by atoms with Gasteiger partial charge in [-0.1, -0.05) is 32.0 Å². The van der Waals surface area contributed by atoms with Crippen LogP contribution in [0.4, 0.5) is 0 Å². The van der Waals surface area contributed by atoms with Gasteiger partial charge in [-0.15, -0.1) is 0 Å². The lowest BCUT2D eigenvalue weighted by atomic mass is 10.1. The Hall–Kier alpha value is -1.02. The molecule has 0 saturated heterocycles. The molecule has 2 nitrogen and oxygen atoms in total. The van der Waals surface area contributed by atoms with Crippen molar-refractivity contribution in [2.45, 2.75) is 26.7 Å². The Bertz CT molecular complexity index is 334. The van der Waals surface area contributed by atoms with E-state index in [1.807, 2.05) is 30.3 Å². The molecule has 1 unspecified atom stereocenters. The maximum atomic E-state index is 5.63. The van der Waals surface area contributed by atoms with Crippen molar-refractivity contribution >= 4 is 0 Å². The minimum atomic E-state index is 0.591. The van der Waals surface area contributed by atoms with E-state index >= 15 is 0 Å². The Kier molecular flexibility index (Phi) is 4.06. The second-order valence-corrected chi connectivity index (χ2v) is 5.61. The molecule has 0 spiro atoms. The monoisotopic (exact) mass is 233 g/mol. The van der Waals surface area contributed by atoms with Gasteiger partial charge in [-0.05, 0) is 49.4 Å². The van der Waals surface area contributed by atoms with Gasteiger partial charge in [0.15, 0.2) is 0 Å². The predicted molar refractivity (Wildman–Crippen MR) is 71.3 cm³/mol. The van der Waals surface area contributed by atoms with Crippen LogP contribution in [0.15, 0.2) is 30.3 Å². The SMILES string of the molecule is CC1(C)CC1CNCCCOc1ccccc1. The van der Waals surface area contributed by atoms with Gasteiger partial charge in [0.2, 0.25) is 0 Å². The van der Waals surface area contributed by atoms with Crippen molar-refractivity contribution in [3.63, 3.8) is 0 Å². The summed E-state index contributed by atoms with van der Waals surface area (Å²) in [5.74, 6) is 1.85. The summed E-state index contributed by atoms with van der Waals surface area (Å²) in [6.07, 6.45) is 2.45. The molecule has 1 N–H and O–H groups in total. The van der Waals surface area contributed by atoms with Gasteiger partial charge in [0.25, 0.3) is 0 Å². The molecule has 94 valence electrons. The Morgan fingerprint density at radius 3 is 2.65 bits per heavy atom. The average molecular weight is 233 g/mol. The van der Waals surface area contributed by atoms with Crippen molar-refractivity contribution in [3.05, 3.63) is 30.3 Å². The largest absolute Gasteiger partial charge is 0.494 e. The van der Waals surface area contributed by atoms with E-state index in [2.05, 4.69) is 19.2 Å². The summed E-state index contributed by atoms with van der Waals surface area (Å²) in [6, 6.07) is 10.0. The van der Waals surface area contributed by atoms with Gasteiger partial charge in [0, 0.05) is 0 Å². The van der Waals surface area contributed by atoms with Crippen LogP contribution in [0.1, 0.15) is 26.7 Å². The normalized spacial score (nSPS) is 21.2. The van der Waals surface area contributed by atoms with Gasteiger partial charge >= 0.3 is 0 Å². The first-order chi connectivity index (χ1) is 8.18. The number of para-hydroxylation sites is 1. The van der Waals surface area contributed by atoms with E-state index < -0.39 is 0 Å². The third kappa shape index (κ3) is 4.04. The number of nitrogens with one attached hydrogen (secondary N) is 1. The first-order valence-electron chi connectivity index (χ1n) is 6.57. The first kappa shape index (κ1) is 12.4. The highest BCUT2D eigenvalue weighted by Gasteiger charge is 2.44. The Labute approximate surface area is 104 Å². The zero-order valence-corrected chi connectivity index (χ0v) is 10.9. The summed E-state index contributed by atoms with van der Waals surface area (Å²) < 4.78 is 5.63. The lowest BCUT2D eigenvalue weighted by molar-refractivity contribution is 0.307. The Morgan fingerprint density at radius 2 is 2.00 bits per heavy atom. The minimum absolute atomic E-state index is 0.591. The zero-order chi connectivity index (χ0) is 12.1. The number of rotatable bonds is 7. The Morgan fingerprint density at radius 1 is 1.29 bits per heavy atom. The van der Waals surface area contributed by atoms with Crippen LogP contribution in [-0.4, -0.2) is 19.7 Å². The van der Waals surface area contributed by atoms with E-state index in [1.54, 1.807) is 0 Å². The van der Waals surface area contributed by atoms with Crippen LogP contribution >= 0.6 is 0 Å². The smallest absolute Gasteiger partial charge is 0.119 e. The summed E-state index contributed by atoms with van der Waals surface area (Å²) in [7, 11) is 0. The molecule has 0 radical (unpaired) electrons. The van der Waals surface area contributed by atoms with Crippen molar-refractivity contribution in [1.29, 1.82) is 0 Å². The van der Waals surface area contributed by atoms with Gasteiger partial charge < -0.3 is 10.1 Å². The van der Waals surface area contributed by atoms with Crippen molar-refractivity contribution in [2.24, 2.45) is 11.3 Å². The van der Waals surface area contributed by atoms with E-state index in [-0.39, 0.29) is 0 Å². The van der Waals surface area contributed by atoms with Crippen LogP contribution in [0.3, 0.4) is 0 Å². The molecule has 0 heterocycles. The maximum absolute atomic E-state index is 5.63. The molecule has 1 aromatic rings. The van der Waals surface area contributed by atoms with Crippen LogP contribution < -0.4 is 10.1 Å². The van der Waals surface area contributed by atoms with Gasteiger partial charge in [0.05, 0.1) is 6.61 Å².